The summed E-state index contributed by atoms with van der Waals surface area (Å²) in [6, 6.07) is 0. The van der Waals surface area contributed by atoms with Gasteiger partial charge in [0.1, 0.15) is 0 Å². The van der Waals surface area contributed by atoms with Crippen LogP contribution < -0.4 is 47.3 Å². The van der Waals surface area contributed by atoms with Crippen LogP contribution in [0, 0.1) is 59.5 Å². The van der Waals surface area contributed by atoms with Crippen molar-refractivity contribution in [3.05, 3.63) is 12.2 Å². The molecule has 4 aliphatic carbocycles. The molecule has 4 saturated carbocycles. The minimum Gasteiger partial charge on any atom is -0.286 e. The fourth-order valence-corrected chi connectivity index (χ4v) is 14.7. The van der Waals surface area contributed by atoms with Crippen molar-refractivity contribution in [2.75, 3.05) is 4.72 Å². The van der Waals surface area contributed by atoms with E-state index in [1.54, 1.807) is 0 Å². The molecule has 9 N–H and O–H groups in total. The first kappa shape index (κ1) is 34.8. The second-order valence-corrected chi connectivity index (χ2v) is 19.4. The molecule has 5 saturated heterocycles. The molecule has 1 aromatic heterocycles. The molecule has 17 atom stereocenters. The number of sulfonamides is 1. The molecule has 0 amide bonds. The van der Waals surface area contributed by atoms with Gasteiger partial charge in [0, 0.05) is 5.92 Å². The largest absolute Gasteiger partial charge is 0.315 e. The number of nitrogens with one attached hydrogen (secondary N) is 9. The highest BCUT2D eigenvalue weighted by atomic mass is 32.2. The lowest BCUT2D eigenvalue weighted by Gasteiger charge is -2.39. The smallest absolute Gasteiger partial charge is 0.286 e. The third-order valence-corrected chi connectivity index (χ3v) is 16.9. The van der Waals surface area contributed by atoms with E-state index >= 15 is 0 Å². The zero-order valence-corrected chi connectivity index (χ0v) is 30.6. The van der Waals surface area contributed by atoms with Gasteiger partial charge < -0.3 is 0 Å². The molecule has 52 heavy (non-hydrogen) atoms. The maximum Gasteiger partial charge on any atom is 0.315 e. The first-order valence-corrected chi connectivity index (χ1v) is 22.0. The molecular weight excluding hydrogens is 691 g/mol. The second-order valence-electron chi connectivity index (χ2n) is 17.5. The minimum atomic E-state index is -4.14. The standard InChI is InChI=1S/C35H56F2N12O2S/c36-33-46-34(37)48-35(47-33)49-52(50,51)23-15-7-14-22-24(23)32-44-30-21-13-6-5-12-20(21)28(42-30)40-26-17-9-2-1-8-16(17)25(38-26)39-27-18-10-3-4-11-19(18)29(41-27)43-31(22)45-32/h16-32,38-45H,1-15H2,(H,46,47,48,49). The molecule has 10 rings (SSSR count). The van der Waals surface area contributed by atoms with E-state index in [1.165, 1.54) is 70.6 Å². The van der Waals surface area contributed by atoms with E-state index in [2.05, 4.69) is 62.2 Å². The highest BCUT2D eigenvalue weighted by Gasteiger charge is 2.57. The lowest BCUT2D eigenvalue weighted by atomic mass is 9.76. The lowest BCUT2D eigenvalue weighted by molar-refractivity contribution is 0.168. The van der Waals surface area contributed by atoms with Crippen LogP contribution in [0.15, 0.2) is 0 Å². The van der Waals surface area contributed by atoms with Crippen LogP contribution in [0.2, 0.25) is 0 Å². The Bertz CT molecular complexity index is 1570. The van der Waals surface area contributed by atoms with Crippen molar-refractivity contribution in [2.45, 2.75) is 151 Å². The summed E-state index contributed by atoms with van der Waals surface area (Å²) >= 11 is 0. The predicted molar refractivity (Wildman–Crippen MR) is 189 cm³/mol. The summed E-state index contributed by atoms with van der Waals surface area (Å²) in [4.78, 5) is 9.86. The summed E-state index contributed by atoms with van der Waals surface area (Å²) in [7, 11) is -4.14. The van der Waals surface area contributed by atoms with Gasteiger partial charge in [-0.25, -0.2) is 8.42 Å². The van der Waals surface area contributed by atoms with Crippen LogP contribution in [0.5, 0.6) is 0 Å². The molecule has 17 unspecified atom stereocenters. The number of hydrogen-bond acceptors (Lipinski definition) is 13. The van der Waals surface area contributed by atoms with Crippen molar-refractivity contribution >= 4 is 16.0 Å². The summed E-state index contributed by atoms with van der Waals surface area (Å²) in [5, 5.41) is 31.6. The van der Waals surface area contributed by atoms with Crippen molar-refractivity contribution in [1.29, 1.82) is 0 Å². The first-order chi connectivity index (χ1) is 25.3. The summed E-state index contributed by atoms with van der Waals surface area (Å²) < 4.78 is 58.6. The Kier molecular flexibility index (Phi) is 9.22. The van der Waals surface area contributed by atoms with E-state index < -0.39 is 33.4 Å². The molecule has 1 aromatic rings. The number of nitrogens with zero attached hydrogens (tertiary/aromatic N) is 3. The molecular formula is C35H56F2N12O2S. The summed E-state index contributed by atoms with van der Waals surface area (Å²) in [6.45, 7) is 0. The molecule has 6 heterocycles. The van der Waals surface area contributed by atoms with Gasteiger partial charge in [-0.2, -0.15) is 23.7 Å². The SMILES string of the molecule is O=S(=O)(Nc1nc(F)nc(F)n1)C1CCCC2C3NC4NC(NC5NC(NC6NC(NC(N3)C21)C1CCCCC61)C1CCCCC51)C1CCCCC41. The molecule has 17 heteroatoms. The van der Waals surface area contributed by atoms with Crippen molar-refractivity contribution in [3.63, 3.8) is 0 Å². The van der Waals surface area contributed by atoms with Gasteiger partial charge in [0.25, 0.3) is 0 Å². The van der Waals surface area contributed by atoms with Crippen LogP contribution >= 0.6 is 0 Å². The monoisotopic (exact) mass is 746 g/mol. The number of aromatic nitrogens is 3. The van der Waals surface area contributed by atoms with Crippen molar-refractivity contribution in [3.8, 4) is 0 Å². The fourth-order valence-electron chi connectivity index (χ4n) is 12.9. The van der Waals surface area contributed by atoms with Gasteiger partial charge in [0.2, 0.25) is 16.0 Å². The predicted octanol–water partition coefficient (Wildman–Crippen LogP) is 1.49. The number of rotatable bonds is 3. The first-order valence-electron chi connectivity index (χ1n) is 20.5. The van der Waals surface area contributed by atoms with E-state index in [4.69, 9.17) is 0 Å². The lowest BCUT2D eigenvalue weighted by Crippen LogP contribution is -2.62. The van der Waals surface area contributed by atoms with Crippen molar-refractivity contribution in [2.24, 2.45) is 47.3 Å². The molecule has 0 radical (unpaired) electrons. The second kappa shape index (κ2) is 13.8. The maximum absolute atomic E-state index is 14.2. The van der Waals surface area contributed by atoms with Crippen LogP contribution in [-0.4, -0.2) is 77.9 Å². The topological polar surface area (TPSA) is 181 Å². The van der Waals surface area contributed by atoms with Gasteiger partial charge in [0.15, 0.2) is 0 Å². The Morgan fingerprint density at radius 3 is 1.15 bits per heavy atom. The van der Waals surface area contributed by atoms with E-state index in [0.717, 1.165) is 19.3 Å². The Hall–Kier alpha value is -1.70. The third-order valence-electron chi connectivity index (χ3n) is 15.0. The van der Waals surface area contributed by atoms with Crippen molar-refractivity contribution < 1.29 is 17.2 Å². The average molecular weight is 747 g/mol. The van der Waals surface area contributed by atoms with Gasteiger partial charge in [0.05, 0.1) is 54.6 Å². The Balaban J connectivity index is 0.997. The summed E-state index contributed by atoms with van der Waals surface area (Å²) in [6.07, 6.45) is 14.5. The molecule has 0 aromatic carbocycles. The van der Waals surface area contributed by atoms with Crippen LogP contribution in [-0.2, 0) is 10.0 Å². The molecule has 5 aliphatic heterocycles. The van der Waals surface area contributed by atoms with Gasteiger partial charge in [-0.1, -0.05) is 44.9 Å². The fraction of sp³-hybridized carbons (Fsp3) is 0.914. The molecule has 0 spiro atoms. The van der Waals surface area contributed by atoms with E-state index in [1.807, 2.05) is 0 Å². The molecule has 8 bridgehead atoms. The van der Waals surface area contributed by atoms with Crippen LogP contribution in [0.3, 0.4) is 0 Å². The quantitative estimate of drug-likeness (QED) is 0.217. The van der Waals surface area contributed by atoms with E-state index in [9.17, 15) is 17.2 Å². The minimum absolute atomic E-state index is 0.00626. The summed E-state index contributed by atoms with van der Waals surface area (Å²) in [5.74, 6) is 2.18. The van der Waals surface area contributed by atoms with E-state index in [-0.39, 0.29) is 61.2 Å². The van der Waals surface area contributed by atoms with Gasteiger partial charge >= 0.3 is 12.2 Å². The highest BCUT2D eigenvalue weighted by molar-refractivity contribution is 7.93. The van der Waals surface area contributed by atoms with Crippen molar-refractivity contribution in [1.82, 2.24) is 57.5 Å². The molecule has 14 nitrogen and oxygen atoms in total. The van der Waals surface area contributed by atoms with Crippen LogP contribution in [0.25, 0.3) is 0 Å². The Morgan fingerprint density at radius 1 is 0.442 bits per heavy atom. The number of fused-ring (bicyclic) bond motifs is 20. The number of halogens is 2. The molecule has 288 valence electrons. The van der Waals surface area contributed by atoms with Gasteiger partial charge in [-0.15, -0.1) is 0 Å². The third kappa shape index (κ3) is 6.17. The number of anilines is 1. The van der Waals surface area contributed by atoms with Crippen LogP contribution in [0.4, 0.5) is 14.7 Å². The maximum atomic E-state index is 14.2. The Labute approximate surface area is 305 Å². The highest BCUT2D eigenvalue weighted by Crippen LogP contribution is 2.46. The van der Waals surface area contributed by atoms with E-state index in [0.29, 0.717) is 41.9 Å². The van der Waals surface area contributed by atoms with Gasteiger partial charge in [-0.3, -0.25) is 47.3 Å². The van der Waals surface area contributed by atoms with Gasteiger partial charge in [-0.05, 0) is 92.8 Å². The molecule has 9 aliphatic rings. The summed E-state index contributed by atoms with van der Waals surface area (Å²) in [5.41, 5.74) is 0. The normalized spacial score (nSPS) is 48.7. The molecule has 9 fully saturated rings. The zero-order valence-electron chi connectivity index (χ0n) is 29.7. The number of hydrogen-bond donors (Lipinski definition) is 9. The van der Waals surface area contributed by atoms with Crippen LogP contribution in [0.1, 0.15) is 96.3 Å². The average Bonchev–Trinajstić information content (AvgIpc) is 3.87. The zero-order chi connectivity index (χ0) is 35.1. The Morgan fingerprint density at radius 2 is 0.769 bits per heavy atom.